The molecule has 0 aliphatic heterocycles. The normalized spacial score (nSPS) is 36.8. The molecule has 0 saturated heterocycles. The molecular weight excluding hydrogens is 226 g/mol. The first kappa shape index (κ1) is 9.72. The Labute approximate surface area is 89.1 Å². The summed E-state index contributed by atoms with van der Waals surface area (Å²) >= 11 is 3.37. The standard InChI is InChI=1S/C11H18BrN/c1-8(12)6-13-7-11-5-9-2-3-10(11)4-9/h9-11,13H,1-7H2. The molecule has 3 unspecified atom stereocenters. The molecule has 0 aromatic carbocycles. The lowest BCUT2D eigenvalue weighted by Gasteiger charge is -2.21. The third-order valence-corrected chi connectivity index (χ3v) is 3.89. The van der Waals surface area contributed by atoms with E-state index in [1.807, 2.05) is 0 Å². The molecule has 2 aliphatic carbocycles. The molecule has 1 nitrogen and oxygen atoms in total. The van der Waals surface area contributed by atoms with Crippen molar-refractivity contribution in [3.63, 3.8) is 0 Å². The minimum atomic E-state index is 0.924. The van der Waals surface area contributed by atoms with E-state index < -0.39 is 0 Å². The third-order valence-electron chi connectivity index (χ3n) is 3.61. The highest BCUT2D eigenvalue weighted by Crippen LogP contribution is 2.47. The SMILES string of the molecule is C=C(Br)CNCC1CC2CCC1C2. The lowest BCUT2D eigenvalue weighted by atomic mass is 9.89. The van der Waals surface area contributed by atoms with Crippen LogP contribution in [-0.2, 0) is 0 Å². The van der Waals surface area contributed by atoms with Crippen molar-refractivity contribution in [2.75, 3.05) is 13.1 Å². The highest BCUT2D eigenvalue weighted by molar-refractivity contribution is 9.11. The van der Waals surface area contributed by atoms with Gasteiger partial charge in [-0.2, -0.15) is 0 Å². The van der Waals surface area contributed by atoms with Gasteiger partial charge < -0.3 is 5.32 Å². The van der Waals surface area contributed by atoms with E-state index in [0.29, 0.717) is 0 Å². The van der Waals surface area contributed by atoms with Crippen LogP contribution in [-0.4, -0.2) is 13.1 Å². The summed E-state index contributed by atoms with van der Waals surface area (Å²) in [6.07, 6.45) is 5.99. The van der Waals surface area contributed by atoms with Crippen molar-refractivity contribution in [3.05, 3.63) is 11.1 Å². The van der Waals surface area contributed by atoms with E-state index >= 15 is 0 Å². The van der Waals surface area contributed by atoms with E-state index in [9.17, 15) is 0 Å². The fourth-order valence-corrected chi connectivity index (χ4v) is 3.22. The van der Waals surface area contributed by atoms with Crippen LogP contribution in [0.15, 0.2) is 11.1 Å². The fourth-order valence-electron chi connectivity index (χ4n) is 3.02. The second kappa shape index (κ2) is 4.14. The number of hydrogen-bond donors (Lipinski definition) is 1. The summed E-state index contributed by atoms with van der Waals surface area (Å²) < 4.78 is 1.07. The smallest absolute Gasteiger partial charge is 0.0265 e. The van der Waals surface area contributed by atoms with Gasteiger partial charge in [0, 0.05) is 11.0 Å². The molecule has 2 aliphatic rings. The second-order valence-electron chi connectivity index (χ2n) is 4.58. The summed E-state index contributed by atoms with van der Waals surface area (Å²) in [5, 5.41) is 3.47. The topological polar surface area (TPSA) is 12.0 Å². The van der Waals surface area contributed by atoms with E-state index in [4.69, 9.17) is 0 Å². The number of fused-ring (bicyclic) bond motifs is 2. The van der Waals surface area contributed by atoms with E-state index in [-0.39, 0.29) is 0 Å². The molecule has 2 saturated carbocycles. The summed E-state index contributed by atoms with van der Waals surface area (Å²) in [6, 6.07) is 0. The van der Waals surface area contributed by atoms with Crippen LogP contribution in [0.3, 0.4) is 0 Å². The number of hydrogen-bond acceptors (Lipinski definition) is 1. The molecule has 13 heavy (non-hydrogen) atoms. The van der Waals surface area contributed by atoms with Crippen LogP contribution in [0.4, 0.5) is 0 Å². The van der Waals surface area contributed by atoms with Gasteiger partial charge in [-0.05, 0) is 43.6 Å². The van der Waals surface area contributed by atoms with Gasteiger partial charge in [0.1, 0.15) is 0 Å². The van der Waals surface area contributed by atoms with Crippen molar-refractivity contribution in [1.29, 1.82) is 0 Å². The first-order valence-corrected chi connectivity index (χ1v) is 6.09. The maximum atomic E-state index is 3.82. The Morgan fingerprint density at radius 1 is 1.38 bits per heavy atom. The summed E-state index contributed by atoms with van der Waals surface area (Å²) in [5.41, 5.74) is 0. The Kier molecular flexibility index (Phi) is 3.10. The van der Waals surface area contributed by atoms with Gasteiger partial charge >= 0.3 is 0 Å². The molecule has 0 spiro atoms. The van der Waals surface area contributed by atoms with E-state index in [2.05, 4.69) is 27.8 Å². The van der Waals surface area contributed by atoms with Gasteiger partial charge in [-0.3, -0.25) is 0 Å². The monoisotopic (exact) mass is 243 g/mol. The van der Waals surface area contributed by atoms with E-state index in [1.54, 1.807) is 0 Å². The van der Waals surface area contributed by atoms with Gasteiger partial charge in [-0.25, -0.2) is 0 Å². The molecule has 2 rings (SSSR count). The number of halogens is 1. The van der Waals surface area contributed by atoms with E-state index in [0.717, 1.165) is 28.8 Å². The molecule has 0 radical (unpaired) electrons. The lowest BCUT2D eigenvalue weighted by Crippen LogP contribution is -2.27. The number of rotatable bonds is 4. The average molecular weight is 244 g/mol. The van der Waals surface area contributed by atoms with E-state index in [1.165, 1.54) is 32.2 Å². The Morgan fingerprint density at radius 3 is 2.77 bits per heavy atom. The van der Waals surface area contributed by atoms with Crippen LogP contribution in [0.1, 0.15) is 25.7 Å². The predicted octanol–water partition coefficient (Wildman–Crippen LogP) is 2.92. The van der Waals surface area contributed by atoms with Gasteiger partial charge in [0.05, 0.1) is 0 Å². The zero-order valence-electron chi connectivity index (χ0n) is 8.06. The molecule has 2 fully saturated rings. The Balaban J connectivity index is 1.68. The van der Waals surface area contributed by atoms with Crippen LogP contribution in [0.25, 0.3) is 0 Å². The zero-order chi connectivity index (χ0) is 9.26. The largest absolute Gasteiger partial charge is 0.312 e. The maximum absolute atomic E-state index is 3.82. The van der Waals surface area contributed by atoms with Gasteiger partial charge in [0.15, 0.2) is 0 Å². The quantitative estimate of drug-likeness (QED) is 0.801. The molecule has 2 heteroatoms. The van der Waals surface area contributed by atoms with Crippen LogP contribution in [0.2, 0.25) is 0 Å². The van der Waals surface area contributed by atoms with Crippen molar-refractivity contribution >= 4 is 15.9 Å². The molecule has 1 N–H and O–H groups in total. The van der Waals surface area contributed by atoms with Crippen LogP contribution < -0.4 is 5.32 Å². The van der Waals surface area contributed by atoms with Gasteiger partial charge in [-0.1, -0.05) is 28.9 Å². The summed E-state index contributed by atoms with van der Waals surface area (Å²) in [5.74, 6) is 3.08. The van der Waals surface area contributed by atoms with Gasteiger partial charge in [-0.15, -0.1) is 0 Å². The predicted molar refractivity (Wildman–Crippen MR) is 59.9 cm³/mol. The lowest BCUT2D eigenvalue weighted by molar-refractivity contribution is 0.322. The molecule has 3 atom stereocenters. The average Bonchev–Trinajstić information content (AvgIpc) is 2.64. The molecule has 0 aromatic rings. The molecule has 2 bridgehead atoms. The van der Waals surface area contributed by atoms with Crippen molar-refractivity contribution in [3.8, 4) is 0 Å². The minimum Gasteiger partial charge on any atom is -0.312 e. The van der Waals surface area contributed by atoms with Crippen LogP contribution in [0, 0.1) is 17.8 Å². The molecule has 0 amide bonds. The first-order chi connectivity index (χ1) is 6.25. The van der Waals surface area contributed by atoms with Crippen molar-refractivity contribution in [2.24, 2.45) is 17.8 Å². The highest BCUT2D eigenvalue weighted by atomic mass is 79.9. The van der Waals surface area contributed by atoms with Crippen molar-refractivity contribution in [2.45, 2.75) is 25.7 Å². The summed E-state index contributed by atoms with van der Waals surface area (Å²) in [6.45, 7) is 5.95. The highest BCUT2D eigenvalue weighted by Gasteiger charge is 2.38. The Hall–Kier alpha value is 0.180. The Morgan fingerprint density at radius 2 is 2.23 bits per heavy atom. The minimum absolute atomic E-state index is 0.924. The Bertz CT molecular complexity index is 202. The molecule has 74 valence electrons. The summed E-state index contributed by atoms with van der Waals surface area (Å²) in [4.78, 5) is 0. The first-order valence-electron chi connectivity index (χ1n) is 5.29. The van der Waals surface area contributed by atoms with Crippen molar-refractivity contribution < 1.29 is 0 Å². The molecular formula is C11H18BrN. The third kappa shape index (κ3) is 2.35. The van der Waals surface area contributed by atoms with Gasteiger partial charge in [0.25, 0.3) is 0 Å². The second-order valence-corrected chi connectivity index (χ2v) is 5.70. The van der Waals surface area contributed by atoms with Crippen LogP contribution in [0.5, 0.6) is 0 Å². The van der Waals surface area contributed by atoms with Gasteiger partial charge in [0.2, 0.25) is 0 Å². The summed E-state index contributed by atoms with van der Waals surface area (Å²) in [7, 11) is 0. The zero-order valence-corrected chi connectivity index (χ0v) is 9.65. The molecule has 0 aromatic heterocycles. The number of nitrogens with one attached hydrogen (secondary N) is 1. The van der Waals surface area contributed by atoms with Crippen molar-refractivity contribution in [1.82, 2.24) is 5.32 Å². The maximum Gasteiger partial charge on any atom is 0.0265 e. The van der Waals surface area contributed by atoms with Crippen LogP contribution >= 0.6 is 15.9 Å². The molecule has 0 heterocycles. The fraction of sp³-hybridized carbons (Fsp3) is 0.818.